The summed E-state index contributed by atoms with van der Waals surface area (Å²) in [5.74, 6) is -3.43. The first-order valence-corrected chi connectivity index (χ1v) is 5.33. The summed E-state index contributed by atoms with van der Waals surface area (Å²) >= 11 is 0. The van der Waals surface area contributed by atoms with Crippen molar-refractivity contribution in [2.75, 3.05) is 10.6 Å². The number of anilines is 2. The van der Waals surface area contributed by atoms with Crippen molar-refractivity contribution in [2.24, 2.45) is 0 Å². The number of hydrogen-bond acceptors (Lipinski definition) is 4. The summed E-state index contributed by atoms with van der Waals surface area (Å²) < 4.78 is 28.5. The van der Waals surface area contributed by atoms with Gasteiger partial charge in [0.05, 0.1) is 11.3 Å². The van der Waals surface area contributed by atoms with Crippen LogP contribution in [0.25, 0.3) is 0 Å². The highest BCUT2D eigenvalue weighted by Gasteiger charge is 2.66. The molecule has 0 saturated heterocycles. The third kappa shape index (κ3) is 0.976. The van der Waals surface area contributed by atoms with Gasteiger partial charge in [-0.15, -0.1) is 0 Å². The molecule has 1 amide bonds. The normalized spacial score (nSPS) is 27.6. The maximum Gasteiger partial charge on any atom is 0.305 e. The fraction of sp³-hybridized carbons (Fsp3) is 0.364. The summed E-state index contributed by atoms with van der Waals surface area (Å²) in [5.41, 5.74) is -2.43. The minimum absolute atomic E-state index is 0.107. The number of halogens is 2. The molecule has 0 radical (unpaired) electrons. The molecule has 1 aromatic heterocycles. The number of nitrogens with one attached hydrogen (secondary N) is 2. The molecule has 0 bridgehead atoms. The number of carbonyl (C=O) groups is 1. The predicted molar refractivity (Wildman–Crippen MR) is 60.5 cm³/mol. The Morgan fingerprint density at radius 3 is 2.39 bits per heavy atom. The molecule has 1 unspecified atom stereocenters. The standard InChI is InChI=1S/C11H10F2N4O/c1-4-11(12,13)10(3)6-7(14-4)15-5(2)16-8(6)17-9(10)18/h1H2,2-3H3,(H2,14,15,16,17,18). The Morgan fingerprint density at radius 2 is 1.78 bits per heavy atom. The van der Waals surface area contributed by atoms with E-state index in [4.69, 9.17) is 0 Å². The first-order valence-electron chi connectivity index (χ1n) is 5.33. The van der Waals surface area contributed by atoms with Crippen LogP contribution in [0.15, 0.2) is 12.3 Å². The Morgan fingerprint density at radius 1 is 1.22 bits per heavy atom. The van der Waals surface area contributed by atoms with Gasteiger partial charge in [0, 0.05) is 0 Å². The fourth-order valence-electron chi connectivity index (χ4n) is 2.40. The minimum atomic E-state index is -3.39. The number of allylic oxidation sites excluding steroid dienone is 1. The molecule has 3 rings (SSSR count). The van der Waals surface area contributed by atoms with E-state index >= 15 is 0 Å². The van der Waals surface area contributed by atoms with Crippen LogP contribution in [0.1, 0.15) is 18.3 Å². The lowest BCUT2D eigenvalue weighted by Gasteiger charge is -2.38. The lowest BCUT2D eigenvalue weighted by atomic mass is 9.75. The van der Waals surface area contributed by atoms with E-state index in [1.807, 2.05) is 0 Å². The Labute approximate surface area is 101 Å². The van der Waals surface area contributed by atoms with Gasteiger partial charge in [-0.3, -0.25) is 4.79 Å². The lowest BCUT2D eigenvalue weighted by molar-refractivity contribution is -0.132. The van der Waals surface area contributed by atoms with Crippen LogP contribution in [0.4, 0.5) is 20.4 Å². The van der Waals surface area contributed by atoms with Crippen LogP contribution >= 0.6 is 0 Å². The van der Waals surface area contributed by atoms with E-state index in [1.54, 1.807) is 6.92 Å². The van der Waals surface area contributed by atoms with E-state index in [-0.39, 0.29) is 17.2 Å². The van der Waals surface area contributed by atoms with Gasteiger partial charge < -0.3 is 10.6 Å². The number of alkyl halides is 2. The van der Waals surface area contributed by atoms with Crippen molar-refractivity contribution >= 4 is 17.5 Å². The number of rotatable bonds is 0. The van der Waals surface area contributed by atoms with Crippen molar-refractivity contribution in [1.29, 1.82) is 0 Å². The summed E-state index contributed by atoms with van der Waals surface area (Å²) in [6, 6.07) is 0. The highest BCUT2D eigenvalue weighted by molar-refractivity contribution is 6.08. The second-order valence-corrected chi connectivity index (χ2v) is 4.60. The van der Waals surface area contributed by atoms with E-state index in [2.05, 4.69) is 27.2 Å². The van der Waals surface area contributed by atoms with E-state index in [0.717, 1.165) is 0 Å². The van der Waals surface area contributed by atoms with Crippen LogP contribution in [-0.2, 0) is 10.2 Å². The Balaban J connectivity index is 2.40. The van der Waals surface area contributed by atoms with Gasteiger partial charge in [-0.25, -0.2) is 9.97 Å². The van der Waals surface area contributed by atoms with Crippen molar-refractivity contribution in [2.45, 2.75) is 25.2 Å². The Kier molecular flexibility index (Phi) is 1.75. The molecule has 1 atom stereocenters. The molecule has 0 saturated carbocycles. The summed E-state index contributed by atoms with van der Waals surface area (Å²) in [6.45, 7) is 6.10. The van der Waals surface area contributed by atoms with E-state index in [1.165, 1.54) is 6.92 Å². The largest absolute Gasteiger partial charge is 0.339 e. The SMILES string of the molecule is C=C1Nc2nc(C)nc3c2C(C)(C(=O)N3)C1(F)F. The molecule has 1 aromatic rings. The van der Waals surface area contributed by atoms with Crippen molar-refractivity contribution in [3.05, 3.63) is 23.7 Å². The summed E-state index contributed by atoms with van der Waals surface area (Å²) in [5, 5.41) is 4.85. The fourth-order valence-corrected chi connectivity index (χ4v) is 2.40. The Bertz CT molecular complexity index is 613. The predicted octanol–water partition coefficient (Wildman–Crippen LogP) is 1.57. The molecule has 18 heavy (non-hydrogen) atoms. The van der Waals surface area contributed by atoms with E-state index in [9.17, 15) is 13.6 Å². The van der Waals surface area contributed by atoms with Crippen LogP contribution in [0.5, 0.6) is 0 Å². The number of nitrogens with zero attached hydrogens (tertiary/aromatic N) is 2. The zero-order valence-electron chi connectivity index (χ0n) is 9.77. The first-order chi connectivity index (χ1) is 8.28. The molecule has 2 N–H and O–H groups in total. The van der Waals surface area contributed by atoms with Gasteiger partial charge in [-0.05, 0) is 13.8 Å². The topological polar surface area (TPSA) is 66.9 Å². The third-order valence-corrected chi connectivity index (χ3v) is 3.48. The molecular weight excluding hydrogens is 242 g/mol. The summed E-state index contributed by atoms with van der Waals surface area (Å²) in [4.78, 5) is 20.0. The van der Waals surface area contributed by atoms with E-state index < -0.39 is 22.9 Å². The van der Waals surface area contributed by atoms with Crippen LogP contribution < -0.4 is 10.6 Å². The molecule has 0 aromatic carbocycles. The van der Waals surface area contributed by atoms with Crippen molar-refractivity contribution < 1.29 is 13.6 Å². The van der Waals surface area contributed by atoms with Crippen LogP contribution in [0.3, 0.4) is 0 Å². The summed E-state index contributed by atoms with van der Waals surface area (Å²) in [7, 11) is 0. The van der Waals surface area contributed by atoms with Gasteiger partial charge in [0.15, 0.2) is 0 Å². The average Bonchev–Trinajstić information content (AvgIpc) is 2.50. The lowest BCUT2D eigenvalue weighted by Crippen LogP contribution is -2.53. The second-order valence-electron chi connectivity index (χ2n) is 4.60. The third-order valence-electron chi connectivity index (χ3n) is 3.48. The van der Waals surface area contributed by atoms with Crippen molar-refractivity contribution in [3.8, 4) is 0 Å². The second kappa shape index (κ2) is 2.85. The number of carbonyl (C=O) groups excluding carboxylic acids is 1. The molecule has 3 heterocycles. The molecule has 7 heteroatoms. The molecule has 0 aliphatic carbocycles. The molecule has 0 fully saturated rings. The van der Waals surface area contributed by atoms with Gasteiger partial charge in [-0.1, -0.05) is 6.58 Å². The molecule has 0 spiro atoms. The van der Waals surface area contributed by atoms with Crippen molar-refractivity contribution in [3.63, 3.8) is 0 Å². The first kappa shape index (κ1) is 11.1. The number of hydrogen-bond donors (Lipinski definition) is 2. The number of aromatic nitrogens is 2. The monoisotopic (exact) mass is 252 g/mol. The highest BCUT2D eigenvalue weighted by Crippen LogP contribution is 2.55. The van der Waals surface area contributed by atoms with Crippen LogP contribution in [0.2, 0.25) is 0 Å². The average molecular weight is 252 g/mol. The Hall–Kier alpha value is -2.05. The van der Waals surface area contributed by atoms with Gasteiger partial charge in [0.2, 0.25) is 5.91 Å². The molecule has 94 valence electrons. The van der Waals surface area contributed by atoms with E-state index in [0.29, 0.717) is 5.82 Å². The molecule has 5 nitrogen and oxygen atoms in total. The van der Waals surface area contributed by atoms with Gasteiger partial charge >= 0.3 is 5.92 Å². The zero-order chi connectivity index (χ0) is 13.3. The van der Waals surface area contributed by atoms with Gasteiger partial charge in [0.1, 0.15) is 22.9 Å². The summed E-state index contributed by atoms with van der Waals surface area (Å²) in [6.07, 6.45) is 0. The van der Waals surface area contributed by atoms with Crippen LogP contribution in [-0.4, -0.2) is 21.8 Å². The number of aryl methyl sites for hydroxylation is 1. The zero-order valence-corrected chi connectivity index (χ0v) is 9.77. The highest BCUT2D eigenvalue weighted by atomic mass is 19.3. The van der Waals surface area contributed by atoms with Crippen molar-refractivity contribution in [1.82, 2.24) is 9.97 Å². The molecule has 2 aliphatic heterocycles. The minimum Gasteiger partial charge on any atom is -0.339 e. The van der Waals surface area contributed by atoms with Gasteiger partial charge in [-0.2, -0.15) is 8.78 Å². The molecule has 2 aliphatic rings. The van der Waals surface area contributed by atoms with Crippen LogP contribution in [0, 0.1) is 6.92 Å². The molecular formula is C11H10F2N4O. The smallest absolute Gasteiger partial charge is 0.305 e. The number of amides is 1. The quantitative estimate of drug-likeness (QED) is 0.735. The maximum atomic E-state index is 14.2. The van der Waals surface area contributed by atoms with Gasteiger partial charge in [0.25, 0.3) is 0 Å². The maximum absolute atomic E-state index is 14.2.